The third-order valence-corrected chi connectivity index (χ3v) is 5.34. The molecule has 0 aromatic heterocycles. The van der Waals surface area contributed by atoms with Crippen LogP contribution in [0.5, 0.6) is 5.75 Å². The molecule has 0 aliphatic heterocycles. The van der Waals surface area contributed by atoms with Crippen LogP contribution in [-0.4, -0.2) is 38.0 Å². The molecule has 0 bridgehead atoms. The van der Waals surface area contributed by atoms with Crippen molar-refractivity contribution in [2.45, 2.75) is 38.6 Å². The second-order valence-corrected chi connectivity index (χ2v) is 7.60. The van der Waals surface area contributed by atoms with Gasteiger partial charge in [-0.15, -0.1) is 0 Å². The minimum Gasteiger partial charge on any atom is -0.497 e. The number of nitrogens with one attached hydrogen (secondary N) is 2. The fraction of sp³-hybridized carbons (Fsp3) is 0.375. The molecule has 2 amide bonds. The van der Waals surface area contributed by atoms with Crippen molar-refractivity contribution in [3.05, 3.63) is 64.7 Å². The van der Waals surface area contributed by atoms with E-state index in [1.54, 1.807) is 24.3 Å². The molecule has 7 heteroatoms. The molecule has 0 spiro atoms. The summed E-state index contributed by atoms with van der Waals surface area (Å²) in [4.78, 5) is 36.1. The lowest BCUT2D eigenvalue weighted by atomic mass is 9.89. The van der Waals surface area contributed by atoms with E-state index in [-0.39, 0.29) is 12.6 Å². The predicted octanol–water partition coefficient (Wildman–Crippen LogP) is 2.72. The minimum atomic E-state index is -0.687. The molecular formula is C24H28N2O5. The summed E-state index contributed by atoms with van der Waals surface area (Å²) >= 11 is 0. The summed E-state index contributed by atoms with van der Waals surface area (Å²) in [5.41, 5.74) is 4.14. The lowest BCUT2D eigenvalue weighted by Crippen LogP contribution is -2.34. The molecule has 31 heavy (non-hydrogen) atoms. The number of ether oxygens (including phenoxy) is 2. The van der Waals surface area contributed by atoms with E-state index in [9.17, 15) is 14.4 Å². The van der Waals surface area contributed by atoms with Gasteiger partial charge in [-0.1, -0.05) is 24.3 Å². The van der Waals surface area contributed by atoms with Crippen LogP contribution in [0, 0.1) is 0 Å². The van der Waals surface area contributed by atoms with Gasteiger partial charge in [0.05, 0.1) is 13.2 Å². The molecule has 1 aliphatic rings. The summed E-state index contributed by atoms with van der Waals surface area (Å²) in [5, 5.41) is 5.31. The SMILES string of the molecule is COc1cccc(C(=O)NCC(=O)OCC(=O)N[C@H](C)c2ccc3c(c2)CCCC3)c1. The Bertz CT molecular complexity index is 957. The number of benzene rings is 2. The van der Waals surface area contributed by atoms with E-state index >= 15 is 0 Å². The summed E-state index contributed by atoms with van der Waals surface area (Å²) in [7, 11) is 1.51. The first-order valence-corrected chi connectivity index (χ1v) is 10.4. The molecule has 3 rings (SSSR count). The molecule has 0 saturated heterocycles. The van der Waals surface area contributed by atoms with Gasteiger partial charge in [0.25, 0.3) is 11.8 Å². The lowest BCUT2D eigenvalue weighted by Gasteiger charge is -2.20. The summed E-state index contributed by atoms with van der Waals surface area (Å²) in [6.07, 6.45) is 4.61. The van der Waals surface area contributed by atoms with E-state index in [0.29, 0.717) is 11.3 Å². The zero-order valence-corrected chi connectivity index (χ0v) is 17.9. The zero-order valence-electron chi connectivity index (χ0n) is 17.9. The Labute approximate surface area is 182 Å². The summed E-state index contributed by atoms with van der Waals surface area (Å²) in [5.74, 6) is -0.966. The van der Waals surface area contributed by atoms with Gasteiger partial charge in [0, 0.05) is 5.56 Å². The highest BCUT2D eigenvalue weighted by Gasteiger charge is 2.16. The fourth-order valence-corrected chi connectivity index (χ4v) is 3.61. The number of aryl methyl sites for hydroxylation is 2. The number of carbonyl (C=O) groups excluding carboxylic acids is 3. The molecule has 0 unspecified atom stereocenters. The van der Waals surface area contributed by atoms with Crippen LogP contribution in [0.2, 0.25) is 0 Å². The molecule has 0 radical (unpaired) electrons. The van der Waals surface area contributed by atoms with Crippen LogP contribution in [0.25, 0.3) is 0 Å². The largest absolute Gasteiger partial charge is 0.497 e. The Morgan fingerprint density at radius 3 is 2.58 bits per heavy atom. The number of hydrogen-bond donors (Lipinski definition) is 2. The average Bonchev–Trinajstić information content (AvgIpc) is 2.80. The van der Waals surface area contributed by atoms with Crippen molar-refractivity contribution in [1.82, 2.24) is 10.6 Å². The van der Waals surface area contributed by atoms with Crippen LogP contribution in [0.3, 0.4) is 0 Å². The van der Waals surface area contributed by atoms with Crippen molar-refractivity contribution in [3.63, 3.8) is 0 Å². The van der Waals surface area contributed by atoms with Crippen molar-refractivity contribution in [3.8, 4) is 5.75 Å². The van der Waals surface area contributed by atoms with Crippen LogP contribution in [0.1, 0.15) is 52.9 Å². The maximum atomic E-state index is 12.2. The van der Waals surface area contributed by atoms with E-state index in [1.807, 2.05) is 13.0 Å². The molecule has 2 aromatic carbocycles. The third kappa shape index (κ3) is 6.31. The van der Waals surface area contributed by atoms with E-state index in [0.717, 1.165) is 18.4 Å². The molecule has 7 nitrogen and oxygen atoms in total. The second kappa shape index (κ2) is 10.6. The molecule has 1 atom stereocenters. The van der Waals surface area contributed by atoms with Crippen LogP contribution in [-0.2, 0) is 27.2 Å². The summed E-state index contributed by atoms with van der Waals surface area (Å²) < 4.78 is 10.0. The lowest BCUT2D eigenvalue weighted by molar-refractivity contribution is -0.147. The van der Waals surface area contributed by atoms with Crippen molar-refractivity contribution < 1.29 is 23.9 Å². The number of esters is 1. The van der Waals surface area contributed by atoms with Gasteiger partial charge in [-0.2, -0.15) is 0 Å². The molecular weight excluding hydrogens is 396 g/mol. The van der Waals surface area contributed by atoms with Crippen LogP contribution in [0.4, 0.5) is 0 Å². The maximum absolute atomic E-state index is 12.2. The number of fused-ring (bicyclic) bond motifs is 1. The van der Waals surface area contributed by atoms with Crippen molar-refractivity contribution in [1.29, 1.82) is 0 Å². The highest BCUT2D eigenvalue weighted by Crippen LogP contribution is 2.24. The Balaban J connectivity index is 1.41. The highest BCUT2D eigenvalue weighted by atomic mass is 16.5. The van der Waals surface area contributed by atoms with Gasteiger partial charge >= 0.3 is 5.97 Å². The first kappa shape index (κ1) is 22.3. The first-order chi connectivity index (χ1) is 15.0. The number of methoxy groups -OCH3 is 1. The molecule has 1 aliphatic carbocycles. The van der Waals surface area contributed by atoms with E-state index < -0.39 is 24.4 Å². The van der Waals surface area contributed by atoms with Crippen molar-refractivity contribution >= 4 is 17.8 Å². The van der Waals surface area contributed by atoms with Gasteiger partial charge in [-0.3, -0.25) is 14.4 Å². The fourth-order valence-electron chi connectivity index (χ4n) is 3.61. The maximum Gasteiger partial charge on any atom is 0.325 e. The Morgan fingerprint density at radius 1 is 1.03 bits per heavy atom. The topological polar surface area (TPSA) is 93.7 Å². The average molecular weight is 424 g/mol. The van der Waals surface area contributed by atoms with Crippen LogP contribution in [0.15, 0.2) is 42.5 Å². The van der Waals surface area contributed by atoms with Gasteiger partial charge in [0.2, 0.25) is 0 Å². The smallest absolute Gasteiger partial charge is 0.325 e. The van der Waals surface area contributed by atoms with E-state index in [2.05, 4.69) is 22.8 Å². The van der Waals surface area contributed by atoms with Gasteiger partial charge in [-0.25, -0.2) is 0 Å². The second-order valence-electron chi connectivity index (χ2n) is 7.60. The normalized spacial score (nSPS) is 13.5. The minimum absolute atomic E-state index is 0.189. The quantitative estimate of drug-likeness (QED) is 0.636. The number of hydrogen-bond acceptors (Lipinski definition) is 5. The van der Waals surface area contributed by atoms with Crippen molar-refractivity contribution in [2.75, 3.05) is 20.3 Å². The molecule has 0 heterocycles. The third-order valence-electron chi connectivity index (χ3n) is 5.34. The van der Waals surface area contributed by atoms with Gasteiger partial charge in [0.15, 0.2) is 6.61 Å². The van der Waals surface area contributed by atoms with Crippen LogP contribution < -0.4 is 15.4 Å². The number of carbonyl (C=O) groups is 3. The Kier molecular flexibility index (Phi) is 7.65. The first-order valence-electron chi connectivity index (χ1n) is 10.4. The Morgan fingerprint density at radius 2 is 1.81 bits per heavy atom. The van der Waals surface area contributed by atoms with Gasteiger partial charge < -0.3 is 20.1 Å². The van der Waals surface area contributed by atoms with Gasteiger partial charge in [-0.05, 0) is 67.5 Å². The summed E-state index contributed by atoms with van der Waals surface area (Å²) in [6.45, 7) is 1.17. The Hall–Kier alpha value is -3.35. The highest BCUT2D eigenvalue weighted by molar-refractivity contribution is 5.96. The molecule has 2 aromatic rings. The van der Waals surface area contributed by atoms with E-state index in [1.165, 1.54) is 31.1 Å². The molecule has 0 saturated carbocycles. The predicted molar refractivity (Wildman–Crippen MR) is 116 cm³/mol. The molecule has 164 valence electrons. The van der Waals surface area contributed by atoms with Gasteiger partial charge in [0.1, 0.15) is 12.3 Å². The standard InChI is InChI=1S/C24H28N2O5/c1-16(18-11-10-17-6-3-4-7-19(17)12-18)26-22(27)15-31-23(28)14-25-24(29)20-8-5-9-21(13-20)30-2/h5,8-13,16H,3-4,6-7,14-15H2,1-2H3,(H,25,29)(H,26,27)/t16-/m1/s1. The molecule has 0 fully saturated rings. The summed E-state index contributed by atoms with van der Waals surface area (Å²) in [6, 6.07) is 12.7. The number of rotatable bonds is 8. The zero-order chi connectivity index (χ0) is 22.2. The van der Waals surface area contributed by atoms with E-state index in [4.69, 9.17) is 9.47 Å². The van der Waals surface area contributed by atoms with Crippen LogP contribution >= 0.6 is 0 Å². The van der Waals surface area contributed by atoms with Crippen molar-refractivity contribution in [2.24, 2.45) is 0 Å². The number of amides is 2. The molecule has 2 N–H and O–H groups in total. The monoisotopic (exact) mass is 424 g/mol.